The van der Waals surface area contributed by atoms with Crippen LogP contribution in [0.1, 0.15) is 25.3 Å². The Labute approximate surface area is 113 Å². The molecule has 0 aromatic heterocycles. The van der Waals surface area contributed by atoms with Crippen molar-refractivity contribution in [1.82, 2.24) is 0 Å². The SMILES string of the molecule is CC(CC(=O)O)CC(=O)Nc1ccc(C(F)(F)F)cc1. The first-order chi connectivity index (χ1) is 9.18. The number of aliphatic carboxylic acids is 1. The Morgan fingerprint density at radius 2 is 1.75 bits per heavy atom. The van der Waals surface area contributed by atoms with Gasteiger partial charge in [-0.2, -0.15) is 13.2 Å². The summed E-state index contributed by atoms with van der Waals surface area (Å²) in [5.41, 5.74) is -0.555. The number of carbonyl (C=O) groups is 2. The maximum atomic E-state index is 12.3. The van der Waals surface area contributed by atoms with E-state index in [9.17, 15) is 22.8 Å². The maximum absolute atomic E-state index is 12.3. The van der Waals surface area contributed by atoms with Crippen molar-refractivity contribution in [2.75, 3.05) is 5.32 Å². The van der Waals surface area contributed by atoms with Gasteiger partial charge in [-0.1, -0.05) is 6.92 Å². The molecule has 1 rings (SSSR count). The lowest BCUT2D eigenvalue weighted by Gasteiger charge is -2.11. The van der Waals surface area contributed by atoms with Gasteiger partial charge in [0.25, 0.3) is 0 Å². The number of nitrogens with one attached hydrogen (secondary N) is 1. The molecule has 1 unspecified atom stereocenters. The number of carboxylic acids is 1. The summed E-state index contributed by atoms with van der Waals surface area (Å²) < 4.78 is 37.0. The Morgan fingerprint density at radius 1 is 1.20 bits per heavy atom. The molecule has 7 heteroatoms. The van der Waals surface area contributed by atoms with Gasteiger partial charge in [0.1, 0.15) is 0 Å². The molecule has 0 aliphatic rings. The van der Waals surface area contributed by atoms with Crippen molar-refractivity contribution in [3.05, 3.63) is 29.8 Å². The lowest BCUT2D eigenvalue weighted by molar-refractivity contribution is -0.138. The van der Waals surface area contributed by atoms with Crippen LogP contribution >= 0.6 is 0 Å². The summed E-state index contributed by atoms with van der Waals surface area (Å²) in [4.78, 5) is 22.0. The molecule has 1 aromatic carbocycles. The first-order valence-electron chi connectivity index (χ1n) is 5.87. The number of anilines is 1. The standard InChI is InChI=1S/C13H14F3NO3/c1-8(7-12(19)20)6-11(18)17-10-4-2-9(3-5-10)13(14,15)16/h2-5,8H,6-7H2,1H3,(H,17,18)(H,19,20). The van der Waals surface area contributed by atoms with Crippen molar-refractivity contribution < 1.29 is 27.9 Å². The first-order valence-corrected chi connectivity index (χ1v) is 5.87. The second-order valence-corrected chi connectivity index (χ2v) is 4.53. The molecule has 110 valence electrons. The maximum Gasteiger partial charge on any atom is 0.416 e. The van der Waals surface area contributed by atoms with Crippen molar-refractivity contribution in [1.29, 1.82) is 0 Å². The molecule has 0 aliphatic carbocycles. The molecule has 1 aromatic rings. The summed E-state index contributed by atoms with van der Waals surface area (Å²) in [6.07, 6.45) is -4.56. The summed E-state index contributed by atoms with van der Waals surface area (Å²) in [5, 5.41) is 11.0. The van der Waals surface area contributed by atoms with Gasteiger partial charge in [-0.15, -0.1) is 0 Å². The molecule has 2 N–H and O–H groups in total. The van der Waals surface area contributed by atoms with Crippen LogP contribution in [0, 0.1) is 5.92 Å². The Hall–Kier alpha value is -2.05. The van der Waals surface area contributed by atoms with Gasteiger partial charge in [0.05, 0.1) is 5.56 Å². The first kappa shape index (κ1) is 16.0. The molecular formula is C13H14F3NO3. The van der Waals surface area contributed by atoms with Gasteiger partial charge in [-0.25, -0.2) is 0 Å². The quantitative estimate of drug-likeness (QED) is 0.875. The van der Waals surface area contributed by atoms with Crippen molar-refractivity contribution in [3.63, 3.8) is 0 Å². The predicted octanol–water partition coefficient (Wildman–Crippen LogP) is 3.14. The Kier molecular flexibility index (Phi) is 5.12. The smallest absolute Gasteiger partial charge is 0.416 e. The van der Waals surface area contributed by atoms with E-state index in [1.54, 1.807) is 6.92 Å². The third-order valence-electron chi connectivity index (χ3n) is 2.55. The third kappa shape index (κ3) is 5.29. The summed E-state index contributed by atoms with van der Waals surface area (Å²) in [5.74, 6) is -1.78. The van der Waals surface area contributed by atoms with Crippen LogP contribution in [-0.4, -0.2) is 17.0 Å². The Morgan fingerprint density at radius 3 is 2.20 bits per heavy atom. The number of benzene rings is 1. The van der Waals surface area contributed by atoms with E-state index in [1.807, 2.05) is 0 Å². The predicted molar refractivity (Wildman–Crippen MR) is 66.1 cm³/mol. The fourth-order valence-electron chi connectivity index (χ4n) is 1.64. The molecule has 0 saturated carbocycles. The molecule has 0 radical (unpaired) electrons. The number of rotatable bonds is 5. The average molecular weight is 289 g/mol. The molecule has 0 bridgehead atoms. The van der Waals surface area contributed by atoms with Crippen molar-refractivity contribution in [3.8, 4) is 0 Å². The molecule has 1 atom stereocenters. The monoisotopic (exact) mass is 289 g/mol. The molecule has 0 spiro atoms. The number of carbonyl (C=O) groups excluding carboxylic acids is 1. The number of halogens is 3. The van der Waals surface area contributed by atoms with Crippen LogP contribution in [0.3, 0.4) is 0 Å². The average Bonchev–Trinajstić information content (AvgIpc) is 2.26. The zero-order valence-corrected chi connectivity index (χ0v) is 10.7. The molecule has 4 nitrogen and oxygen atoms in total. The van der Waals surface area contributed by atoms with Crippen LogP contribution in [0.15, 0.2) is 24.3 Å². The number of amides is 1. The van der Waals surface area contributed by atoms with E-state index < -0.39 is 23.6 Å². The van der Waals surface area contributed by atoms with Crippen LogP contribution < -0.4 is 5.32 Å². The van der Waals surface area contributed by atoms with Crippen LogP contribution in [0.25, 0.3) is 0 Å². The molecule has 20 heavy (non-hydrogen) atoms. The zero-order valence-electron chi connectivity index (χ0n) is 10.7. The van der Waals surface area contributed by atoms with E-state index in [1.165, 1.54) is 0 Å². The van der Waals surface area contributed by atoms with Crippen molar-refractivity contribution >= 4 is 17.6 Å². The minimum atomic E-state index is -4.42. The van der Waals surface area contributed by atoms with E-state index in [0.29, 0.717) is 0 Å². The highest BCUT2D eigenvalue weighted by Crippen LogP contribution is 2.29. The van der Waals surface area contributed by atoms with E-state index in [2.05, 4.69) is 5.32 Å². The van der Waals surface area contributed by atoms with Gasteiger partial charge in [-0.3, -0.25) is 9.59 Å². The van der Waals surface area contributed by atoms with Crippen LogP contribution in [-0.2, 0) is 15.8 Å². The number of carboxylic acid groups (broad SMARTS) is 1. The van der Waals surface area contributed by atoms with Crippen molar-refractivity contribution in [2.45, 2.75) is 25.9 Å². The fourth-order valence-corrected chi connectivity index (χ4v) is 1.64. The summed E-state index contributed by atoms with van der Waals surface area (Å²) in [7, 11) is 0. The summed E-state index contributed by atoms with van der Waals surface area (Å²) in [6.45, 7) is 1.61. The zero-order chi connectivity index (χ0) is 15.3. The second kappa shape index (κ2) is 6.40. The van der Waals surface area contributed by atoms with Gasteiger partial charge in [0.2, 0.25) is 5.91 Å². The minimum Gasteiger partial charge on any atom is -0.481 e. The molecule has 1 amide bonds. The normalized spacial score (nSPS) is 12.8. The lowest BCUT2D eigenvalue weighted by atomic mass is 10.0. The van der Waals surface area contributed by atoms with Crippen LogP contribution in [0.5, 0.6) is 0 Å². The molecule has 0 fully saturated rings. The lowest BCUT2D eigenvalue weighted by Crippen LogP contribution is -2.17. The fraction of sp³-hybridized carbons (Fsp3) is 0.385. The minimum absolute atomic E-state index is 0.00662. The number of alkyl halides is 3. The van der Waals surface area contributed by atoms with Crippen LogP contribution in [0.2, 0.25) is 0 Å². The van der Waals surface area contributed by atoms with E-state index in [4.69, 9.17) is 5.11 Å². The van der Waals surface area contributed by atoms with Crippen molar-refractivity contribution in [2.24, 2.45) is 5.92 Å². The van der Waals surface area contributed by atoms with Gasteiger partial charge >= 0.3 is 12.1 Å². The largest absolute Gasteiger partial charge is 0.481 e. The highest BCUT2D eigenvalue weighted by Gasteiger charge is 2.29. The van der Waals surface area contributed by atoms with E-state index in [-0.39, 0.29) is 24.4 Å². The number of hydrogen-bond acceptors (Lipinski definition) is 2. The van der Waals surface area contributed by atoms with Gasteiger partial charge < -0.3 is 10.4 Å². The molecule has 0 saturated heterocycles. The summed E-state index contributed by atoms with van der Waals surface area (Å²) >= 11 is 0. The second-order valence-electron chi connectivity index (χ2n) is 4.53. The number of hydrogen-bond donors (Lipinski definition) is 2. The highest BCUT2D eigenvalue weighted by atomic mass is 19.4. The van der Waals surface area contributed by atoms with Crippen LogP contribution in [0.4, 0.5) is 18.9 Å². The summed E-state index contributed by atoms with van der Waals surface area (Å²) in [6, 6.07) is 4.05. The van der Waals surface area contributed by atoms with Gasteiger partial charge in [0.15, 0.2) is 0 Å². The molecular weight excluding hydrogens is 275 g/mol. The Bertz CT molecular complexity index is 483. The van der Waals surface area contributed by atoms with Gasteiger partial charge in [-0.05, 0) is 30.2 Å². The third-order valence-corrected chi connectivity index (χ3v) is 2.55. The highest BCUT2D eigenvalue weighted by molar-refractivity contribution is 5.91. The molecule has 0 heterocycles. The topological polar surface area (TPSA) is 66.4 Å². The van der Waals surface area contributed by atoms with E-state index >= 15 is 0 Å². The molecule has 0 aliphatic heterocycles. The van der Waals surface area contributed by atoms with E-state index in [0.717, 1.165) is 24.3 Å². The Balaban J connectivity index is 2.56. The van der Waals surface area contributed by atoms with Gasteiger partial charge in [0, 0.05) is 18.5 Å².